The van der Waals surface area contributed by atoms with Gasteiger partial charge in [-0.3, -0.25) is 18.8 Å². The average Bonchev–Trinajstić information content (AvgIpc) is 3.32. The lowest BCUT2D eigenvalue weighted by atomic mass is 9.95. The van der Waals surface area contributed by atoms with Gasteiger partial charge >= 0.3 is 0 Å². The summed E-state index contributed by atoms with van der Waals surface area (Å²) in [6.45, 7) is 3.74. The largest absolute Gasteiger partial charge is 0.322 e. The Morgan fingerprint density at radius 3 is 2.49 bits per heavy atom. The summed E-state index contributed by atoms with van der Waals surface area (Å²) in [5.41, 5.74) is 4.00. The van der Waals surface area contributed by atoms with E-state index in [0.717, 1.165) is 16.8 Å². The molecule has 176 valence electrons. The van der Waals surface area contributed by atoms with Gasteiger partial charge in [-0.1, -0.05) is 53.3 Å². The predicted molar refractivity (Wildman–Crippen MR) is 138 cm³/mol. The molecule has 3 heterocycles. The maximum absolute atomic E-state index is 13.7. The number of amides is 1. The second kappa shape index (κ2) is 9.13. The first kappa shape index (κ1) is 23.0. The summed E-state index contributed by atoms with van der Waals surface area (Å²) in [6.07, 6.45) is 3.56. The van der Waals surface area contributed by atoms with E-state index in [9.17, 15) is 9.59 Å². The minimum Gasteiger partial charge on any atom is -0.322 e. The van der Waals surface area contributed by atoms with Gasteiger partial charge in [0.1, 0.15) is 0 Å². The number of nitrogens with zero attached hydrogens (tertiary/aromatic N) is 4. The molecular weight excluding hydrogens is 482 g/mol. The Bertz CT molecular complexity index is 1650. The van der Waals surface area contributed by atoms with Crippen LogP contribution in [0.25, 0.3) is 6.08 Å². The fourth-order valence-electron chi connectivity index (χ4n) is 4.09. The molecule has 2 aromatic carbocycles. The summed E-state index contributed by atoms with van der Waals surface area (Å²) in [7, 11) is 1.86. The Kier molecular flexibility index (Phi) is 6.00. The summed E-state index contributed by atoms with van der Waals surface area (Å²) in [5, 5.41) is 7.79. The zero-order chi connectivity index (χ0) is 24.7. The maximum atomic E-state index is 13.7. The van der Waals surface area contributed by atoms with Crippen molar-refractivity contribution in [3.63, 3.8) is 0 Å². The SMILES string of the molecule is CC1=C(C(=O)Nc2ccccc2)[C@H](c2ccc(Cl)cc2)n2c(s/c(=C/c3cnn(C)c3C)c2=O)=N1. The number of nitrogens with one attached hydrogen (secondary N) is 1. The Morgan fingerprint density at radius 2 is 1.83 bits per heavy atom. The van der Waals surface area contributed by atoms with Crippen LogP contribution in [0.4, 0.5) is 5.69 Å². The number of carbonyl (C=O) groups excluding carboxylic acids is 1. The standard InChI is InChI=1S/C26H22ClN5O2S/c1-15-22(24(33)30-20-7-5-4-6-8-20)23(17-9-11-19(27)12-10-17)32-25(34)21(35-26(32)29-15)13-18-14-28-31(3)16(18)2/h4-14,23H,1-3H3,(H,30,33)/b21-13+/t23-/m0/s1. The molecule has 0 unspecified atom stereocenters. The number of hydrogen-bond donors (Lipinski definition) is 1. The van der Waals surface area contributed by atoms with Crippen LogP contribution in [0.3, 0.4) is 0 Å². The van der Waals surface area contributed by atoms with E-state index >= 15 is 0 Å². The molecule has 0 spiro atoms. The van der Waals surface area contributed by atoms with Crippen LogP contribution in [-0.4, -0.2) is 20.3 Å². The number of hydrogen-bond acceptors (Lipinski definition) is 5. The number of allylic oxidation sites excluding steroid dienone is 1. The molecule has 5 rings (SSSR count). The van der Waals surface area contributed by atoms with Crippen LogP contribution in [0.2, 0.25) is 5.02 Å². The third kappa shape index (κ3) is 4.26. The Balaban J connectivity index is 1.69. The van der Waals surface area contributed by atoms with Crippen molar-refractivity contribution < 1.29 is 4.79 Å². The number of halogens is 1. The number of aryl methyl sites for hydroxylation is 1. The smallest absolute Gasteiger partial charge is 0.271 e. The van der Waals surface area contributed by atoms with Crippen molar-refractivity contribution in [3.8, 4) is 0 Å². The normalized spacial score (nSPS) is 15.7. The number of thiazole rings is 1. The highest BCUT2D eigenvalue weighted by Crippen LogP contribution is 2.31. The third-order valence-corrected chi connectivity index (χ3v) is 7.28. The van der Waals surface area contributed by atoms with Crippen LogP contribution in [0.5, 0.6) is 0 Å². The molecule has 1 atom stereocenters. The lowest BCUT2D eigenvalue weighted by molar-refractivity contribution is -0.113. The Morgan fingerprint density at radius 1 is 1.11 bits per heavy atom. The molecule has 35 heavy (non-hydrogen) atoms. The number of aromatic nitrogens is 3. The van der Waals surface area contributed by atoms with Gasteiger partial charge in [-0.05, 0) is 49.8 Å². The molecule has 0 aliphatic carbocycles. The molecule has 1 amide bonds. The van der Waals surface area contributed by atoms with Crippen LogP contribution in [0.15, 0.2) is 81.9 Å². The van der Waals surface area contributed by atoms with E-state index in [4.69, 9.17) is 11.6 Å². The summed E-state index contributed by atoms with van der Waals surface area (Å²) in [4.78, 5) is 32.4. The van der Waals surface area contributed by atoms with Crippen LogP contribution in [-0.2, 0) is 11.8 Å². The van der Waals surface area contributed by atoms with Crippen molar-refractivity contribution in [1.82, 2.24) is 14.3 Å². The minimum atomic E-state index is -0.649. The fraction of sp³-hybridized carbons (Fsp3) is 0.154. The number of fused-ring (bicyclic) bond motifs is 1. The van der Waals surface area contributed by atoms with Gasteiger partial charge in [0.15, 0.2) is 4.80 Å². The molecule has 0 fully saturated rings. The fourth-order valence-corrected chi connectivity index (χ4v) is 5.25. The number of carbonyl (C=O) groups is 1. The summed E-state index contributed by atoms with van der Waals surface area (Å²) in [6, 6.07) is 15.8. The highest BCUT2D eigenvalue weighted by molar-refractivity contribution is 7.07. The Labute approximate surface area is 210 Å². The van der Waals surface area contributed by atoms with E-state index in [-0.39, 0.29) is 11.5 Å². The molecule has 2 aromatic heterocycles. The number of rotatable bonds is 4. The number of anilines is 1. The van der Waals surface area contributed by atoms with Crippen LogP contribution in [0.1, 0.15) is 29.8 Å². The van der Waals surface area contributed by atoms with Gasteiger partial charge in [-0.2, -0.15) is 5.10 Å². The minimum absolute atomic E-state index is 0.213. The van der Waals surface area contributed by atoms with E-state index in [0.29, 0.717) is 31.3 Å². The van der Waals surface area contributed by atoms with E-state index in [1.165, 1.54) is 11.3 Å². The quantitative estimate of drug-likeness (QED) is 0.462. The van der Waals surface area contributed by atoms with Crippen LogP contribution < -0.4 is 20.2 Å². The third-order valence-electron chi connectivity index (χ3n) is 6.04. The average molecular weight is 504 g/mol. The molecule has 7 nitrogen and oxygen atoms in total. The van der Waals surface area contributed by atoms with Crippen LogP contribution >= 0.6 is 22.9 Å². The van der Waals surface area contributed by atoms with E-state index in [1.54, 1.807) is 34.5 Å². The molecule has 1 aliphatic heterocycles. The topological polar surface area (TPSA) is 81.3 Å². The Hall–Kier alpha value is -3.75. The maximum Gasteiger partial charge on any atom is 0.271 e. The highest BCUT2D eigenvalue weighted by Gasteiger charge is 2.32. The van der Waals surface area contributed by atoms with E-state index in [2.05, 4.69) is 15.4 Å². The van der Waals surface area contributed by atoms with Gasteiger partial charge < -0.3 is 5.32 Å². The lowest BCUT2D eigenvalue weighted by Crippen LogP contribution is -2.40. The lowest BCUT2D eigenvalue weighted by Gasteiger charge is -2.25. The molecule has 0 bridgehead atoms. The molecule has 1 aliphatic rings. The summed E-state index contributed by atoms with van der Waals surface area (Å²) < 4.78 is 3.88. The van der Waals surface area contributed by atoms with Crippen molar-refractivity contribution in [2.75, 3.05) is 5.32 Å². The first-order valence-electron chi connectivity index (χ1n) is 11.0. The predicted octanol–water partition coefficient (Wildman–Crippen LogP) is 3.57. The van der Waals surface area contributed by atoms with E-state index in [1.807, 2.05) is 62.5 Å². The zero-order valence-electron chi connectivity index (χ0n) is 19.3. The highest BCUT2D eigenvalue weighted by atomic mass is 35.5. The van der Waals surface area contributed by atoms with Gasteiger partial charge in [0, 0.05) is 29.0 Å². The van der Waals surface area contributed by atoms with Crippen molar-refractivity contribution in [1.29, 1.82) is 0 Å². The second-order valence-corrected chi connectivity index (χ2v) is 9.71. The first-order valence-corrected chi connectivity index (χ1v) is 12.2. The molecular formula is C26H22ClN5O2S. The monoisotopic (exact) mass is 503 g/mol. The van der Waals surface area contributed by atoms with Gasteiger partial charge in [-0.25, -0.2) is 4.99 Å². The van der Waals surface area contributed by atoms with Gasteiger partial charge in [0.25, 0.3) is 11.5 Å². The molecule has 0 saturated carbocycles. The van der Waals surface area contributed by atoms with Gasteiger partial charge in [0.05, 0.1) is 28.0 Å². The van der Waals surface area contributed by atoms with Crippen molar-refractivity contribution in [2.45, 2.75) is 19.9 Å². The first-order chi connectivity index (χ1) is 16.8. The number of para-hydroxylation sites is 1. The summed E-state index contributed by atoms with van der Waals surface area (Å²) >= 11 is 7.44. The van der Waals surface area contributed by atoms with E-state index < -0.39 is 6.04 Å². The van der Waals surface area contributed by atoms with Crippen molar-refractivity contribution in [2.24, 2.45) is 12.0 Å². The van der Waals surface area contributed by atoms with Crippen molar-refractivity contribution >= 4 is 40.6 Å². The van der Waals surface area contributed by atoms with Gasteiger partial charge in [0.2, 0.25) is 0 Å². The molecule has 9 heteroatoms. The molecule has 0 radical (unpaired) electrons. The molecule has 0 saturated heterocycles. The van der Waals surface area contributed by atoms with Crippen molar-refractivity contribution in [3.05, 3.63) is 114 Å². The zero-order valence-corrected chi connectivity index (χ0v) is 20.9. The molecule has 4 aromatic rings. The number of benzene rings is 2. The second-order valence-electron chi connectivity index (χ2n) is 8.26. The van der Waals surface area contributed by atoms with Gasteiger partial charge in [-0.15, -0.1) is 0 Å². The van der Waals surface area contributed by atoms with Crippen LogP contribution in [0, 0.1) is 6.92 Å². The molecule has 1 N–H and O–H groups in total. The summed E-state index contributed by atoms with van der Waals surface area (Å²) in [5.74, 6) is -0.310.